The lowest BCUT2D eigenvalue weighted by atomic mass is 9.99. The summed E-state index contributed by atoms with van der Waals surface area (Å²) in [5, 5.41) is 7.39. The van der Waals surface area contributed by atoms with E-state index in [1.807, 2.05) is 32.4 Å². The van der Waals surface area contributed by atoms with Gasteiger partial charge in [0.2, 0.25) is 0 Å². The van der Waals surface area contributed by atoms with Gasteiger partial charge in [-0.3, -0.25) is 19.3 Å². The molecule has 3 amide bonds. The molecule has 126 valence electrons. The average Bonchev–Trinajstić information content (AvgIpc) is 3.07. The van der Waals surface area contributed by atoms with Gasteiger partial charge in [-0.2, -0.15) is 5.10 Å². The highest BCUT2D eigenvalue weighted by Gasteiger charge is 2.55. The Balaban J connectivity index is 1.63. The second-order valence-corrected chi connectivity index (χ2v) is 6.96. The molecule has 3 heterocycles. The molecule has 1 spiro atoms. The lowest BCUT2D eigenvalue weighted by Crippen LogP contribution is -2.49. The molecule has 23 heavy (non-hydrogen) atoms. The van der Waals surface area contributed by atoms with Crippen molar-refractivity contribution in [2.24, 2.45) is 0 Å². The van der Waals surface area contributed by atoms with Crippen LogP contribution in [0.5, 0.6) is 0 Å². The van der Waals surface area contributed by atoms with Gasteiger partial charge in [0.15, 0.2) is 0 Å². The third-order valence-electron chi connectivity index (χ3n) is 4.79. The molecule has 7 heteroatoms. The number of rotatable bonds is 4. The van der Waals surface area contributed by atoms with E-state index < -0.39 is 5.54 Å². The molecular formula is C16H25N5O2. The van der Waals surface area contributed by atoms with Crippen LogP contribution in [0.2, 0.25) is 0 Å². The summed E-state index contributed by atoms with van der Waals surface area (Å²) in [4.78, 5) is 28.3. The van der Waals surface area contributed by atoms with E-state index >= 15 is 0 Å². The Morgan fingerprint density at radius 3 is 2.61 bits per heavy atom. The normalized spacial score (nSPS) is 25.2. The van der Waals surface area contributed by atoms with E-state index in [0.717, 1.165) is 31.0 Å². The van der Waals surface area contributed by atoms with E-state index in [0.29, 0.717) is 13.0 Å². The number of nitrogens with one attached hydrogen (secondary N) is 1. The molecule has 0 aliphatic carbocycles. The van der Waals surface area contributed by atoms with Crippen LogP contribution >= 0.6 is 0 Å². The van der Waals surface area contributed by atoms with Crippen LogP contribution in [0.3, 0.4) is 0 Å². The van der Waals surface area contributed by atoms with Crippen LogP contribution in [0.4, 0.5) is 4.79 Å². The van der Waals surface area contributed by atoms with Crippen molar-refractivity contribution in [3.05, 3.63) is 17.5 Å². The number of hydrogen-bond acceptors (Lipinski definition) is 4. The Bertz CT molecular complexity index is 638. The number of aromatic nitrogens is 2. The minimum atomic E-state index is -0.726. The third kappa shape index (κ3) is 2.73. The highest BCUT2D eigenvalue weighted by molar-refractivity contribution is 6.07. The lowest BCUT2D eigenvalue weighted by molar-refractivity contribution is -0.132. The maximum atomic E-state index is 12.7. The third-order valence-corrected chi connectivity index (χ3v) is 4.79. The zero-order valence-electron chi connectivity index (χ0n) is 14.3. The second-order valence-electron chi connectivity index (χ2n) is 6.96. The van der Waals surface area contributed by atoms with Gasteiger partial charge in [0.25, 0.3) is 5.91 Å². The first-order valence-corrected chi connectivity index (χ1v) is 8.21. The summed E-state index contributed by atoms with van der Waals surface area (Å²) in [6.07, 6.45) is 0.678. The summed E-state index contributed by atoms with van der Waals surface area (Å²) in [7, 11) is 0. The fourth-order valence-corrected chi connectivity index (χ4v) is 3.60. The molecule has 0 saturated carbocycles. The molecule has 2 saturated heterocycles. The van der Waals surface area contributed by atoms with E-state index in [-0.39, 0.29) is 18.0 Å². The predicted molar refractivity (Wildman–Crippen MR) is 86.0 cm³/mol. The fourth-order valence-electron chi connectivity index (χ4n) is 3.60. The lowest BCUT2D eigenvalue weighted by Gasteiger charge is -2.23. The van der Waals surface area contributed by atoms with Crippen molar-refractivity contribution in [2.45, 2.75) is 52.2 Å². The first-order valence-electron chi connectivity index (χ1n) is 8.21. The average molecular weight is 319 g/mol. The Labute approximate surface area is 136 Å². The minimum Gasteiger partial charge on any atom is -0.322 e. The summed E-state index contributed by atoms with van der Waals surface area (Å²) in [6, 6.07) is 1.70. The van der Waals surface area contributed by atoms with Gasteiger partial charge in [0.05, 0.1) is 12.2 Å². The van der Waals surface area contributed by atoms with Gasteiger partial charge in [-0.05, 0) is 40.2 Å². The summed E-state index contributed by atoms with van der Waals surface area (Å²) >= 11 is 0. The number of imide groups is 1. The number of amides is 3. The van der Waals surface area contributed by atoms with E-state index in [4.69, 9.17) is 0 Å². The topological polar surface area (TPSA) is 70.5 Å². The number of carbonyl (C=O) groups excluding carboxylic acids is 2. The first-order chi connectivity index (χ1) is 10.8. The Morgan fingerprint density at radius 2 is 2.04 bits per heavy atom. The number of carbonyl (C=O) groups is 2. The smallest absolute Gasteiger partial charge is 0.322 e. The molecular weight excluding hydrogens is 294 g/mol. The Kier molecular flexibility index (Phi) is 3.91. The fraction of sp³-hybridized carbons (Fsp3) is 0.688. The van der Waals surface area contributed by atoms with Crippen LogP contribution in [0.25, 0.3) is 0 Å². The number of urea groups is 1. The first kappa shape index (κ1) is 16.0. The zero-order chi connectivity index (χ0) is 16.8. The number of nitrogens with zero attached hydrogens (tertiary/aromatic N) is 4. The van der Waals surface area contributed by atoms with Gasteiger partial charge < -0.3 is 5.32 Å². The summed E-state index contributed by atoms with van der Waals surface area (Å²) < 4.78 is 2.00. The summed E-state index contributed by atoms with van der Waals surface area (Å²) in [5.41, 5.74) is 1.44. The Morgan fingerprint density at radius 1 is 1.30 bits per heavy atom. The zero-order valence-corrected chi connectivity index (χ0v) is 14.3. The quantitative estimate of drug-likeness (QED) is 0.837. The van der Waals surface area contributed by atoms with E-state index in [1.54, 1.807) is 0 Å². The van der Waals surface area contributed by atoms with Gasteiger partial charge in [0.1, 0.15) is 5.54 Å². The van der Waals surface area contributed by atoms with Crippen molar-refractivity contribution >= 4 is 11.9 Å². The SMILES string of the molecule is Cc1cc(C)n(CCN2CC[C@]3(C2)NC(=O)N(C(C)C)C3=O)n1. The molecule has 0 bridgehead atoms. The molecule has 2 aliphatic heterocycles. The van der Waals surface area contributed by atoms with Crippen LogP contribution in [-0.4, -0.2) is 62.7 Å². The molecule has 1 aromatic heterocycles. The van der Waals surface area contributed by atoms with Crippen LogP contribution < -0.4 is 5.32 Å². The maximum Gasteiger partial charge on any atom is 0.325 e. The Hall–Kier alpha value is -1.89. The van der Waals surface area contributed by atoms with Crippen LogP contribution in [0.1, 0.15) is 31.7 Å². The molecule has 1 aromatic rings. The molecule has 0 radical (unpaired) electrons. The molecule has 3 rings (SSSR count). The number of likely N-dealkylation sites (tertiary alicyclic amines) is 1. The van der Waals surface area contributed by atoms with Gasteiger partial charge >= 0.3 is 6.03 Å². The largest absolute Gasteiger partial charge is 0.325 e. The second kappa shape index (κ2) is 5.63. The van der Waals surface area contributed by atoms with E-state index in [1.165, 1.54) is 4.90 Å². The molecule has 2 fully saturated rings. The van der Waals surface area contributed by atoms with Gasteiger partial charge in [-0.15, -0.1) is 0 Å². The van der Waals surface area contributed by atoms with Crippen molar-refractivity contribution in [1.29, 1.82) is 0 Å². The molecule has 0 unspecified atom stereocenters. The molecule has 0 aromatic carbocycles. The highest BCUT2D eigenvalue weighted by Crippen LogP contribution is 2.29. The van der Waals surface area contributed by atoms with Crippen molar-refractivity contribution in [3.8, 4) is 0 Å². The minimum absolute atomic E-state index is 0.0777. The van der Waals surface area contributed by atoms with E-state index in [2.05, 4.69) is 21.4 Å². The van der Waals surface area contributed by atoms with Gasteiger partial charge in [-0.1, -0.05) is 0 Å². The summed E-state index contributed by atoms with van der Waals surface area (Å²) in [5.74, 6) is -0.0777. The monoisotopic (exact) mass is 319 g/mol. The van der Waals surface area contributed by atoms with Crippen molar-refractivity contribution in [2.75, 3.05) is 19.6 Å². The number of hydrogen-bond donors (Lipinski definition) is 1. The van der Waals surface area contributed by atoms with Crippen LogP contribution in [0, 0.1) is 13.8 Å². The van der Waals surface area contributed by atoms with Crippen LogP contribution in [0.15, 0.2) is 6.07 Å². The number of aryl methyl sites for hydroxylation is 2. The van der Waals surface area contributed by atoms with Crippen LogP contribution in [-0.2, 0) is 11.3 Å². The molecule has 1 atom stereocenters. The molecule has 1 N–H and O–H groups in total. The molecule has 2 aliphatic rings. The predicted octanol–water partition coefficient (Wildman–Crippen LogP) is 0.905. The summed E-state index contributed by atoms with van der Waals surface area (Å²) in [6.45, 7) is 10.8. The highest BCUT2D eigenvalue weighted by atomic mass is 16.2. The van der Waals surface area contributed by atoms with Gasteiger partial charge in [-0.25, -0.2) is 4.79 Å². The molecule has 7 nitrogen and oxygen atoms in total. The van der Waals surface area contributed by atoms with Crippen molar-refractivity contribution in [3.63, 3.8) is 0 Å². The van der Waals surface area contributed by atoms with E-state index in [9.17, 15) is 9.59 Å². The van der Waals surface area contributed by atoms with Crippen molar-refractivity contribution < 1.29 is 9.59 Å². The van der Waals surface area contributed by atoms with Gasteiger partial charge in [0, 0.05) is 31.4 Å². The van der Waals surface area contributed by atoms with Crippen molar-refractivity contribution in [1.82, 2.24) is 24.9 Å². The standard InChI is InChI=1S/C16H25N5O2/c1-11(2)21-14(22)16(17-15(21)23)5-6-19(10-16)7-8-20-13(4)9-12(3)18-20/h9,11H,5-8,10H2,1-4H3,(H,17,23)/t16-/m1/s1. The maximum absolute atomic E-state index is 12.7.